The molecule has 0 atom stereocenters. The highest BCUT2D eigenvalue weighted by Crippen LogP contribution is 2.10. The molecule has 1 aromatic carbocycles. The largest absolute Gasteiger partial charge is 0.341 e. The van der Waals surface area contributed by atoms with Crippen LogP contribution in [0.25, 0.3) is 0 Å². The second-order valence-corrected chi connectivity index (χ2v) is 6.82. The molecular formula is C13H19ClN2O3S. The van der Waals surface area contributed by atoms with Gasteiger partial charge in [-0.2, -0.15) is 0 Å². The lowest BCUT2D eigenvalue weighted by atomic mass is 10.1. The molecule has 20 heavy (non-hydrogen) atoms. The lowest BCUT2D eigenvalue weighted by molar-refractivity contribution is -0.128. The van der Waals surface area contributed by atoms with Crippen molar-refractivity contribution in [2.45, 2.75) is 13.3 Å². The van der Waals surface area contributed by atoms with Crippen molar-refractivity contribution in [2.24, 2.45) is 0 Å². The highest BCUT2D eigenvalue weighted by atomic mass is 35.5. The fraction of sp³-hybridized carbons (Fsp3) is 0.462. The van der Waals surface area contributed by atoms with Crippen molar-refractivity contribution in [1.82, 2.24) is 9.62 Å². The molecule has 0 aliphatic heterocycles. The summed E-state index contributed by atoms with van der Waals surface area (Å²) in [6.45, 7) is 2.60. The van der Waals surface area contributed by atoms with Gasteiger partial charge in [0.1, 0.15) is 0 Å². The zero-order valence-corrected chi connectivity index (χ0v) is 13.2. The van der Waals surface area contributed by atoms with Crippen LogP contribution < -0.4 is 4.72 Å². The first kappa shape index (κ1) is 16.9. The van der Waals surface area contributed by atoms with Crippen molar-refractivity contribution in [3.63, 3.8) is 0 Å². The van der Waals surface area contributed by atoms with Crippen molar-refractivity contribution < 1.29 is 13.2 Å². The number of hydrogen-bond acceptors (Lipinski definition) is 3. The van der Waals surface area contributed by atoms with Crippen LogP contribution in [-0.2, 0) is 21.2 Å². The molecule has 0 saturated carbocycles. The first-order valence-corrected chi connectivity index (χ1v) is 8.49. The fourth-order valence-corrected chi connectivity index (χ4v) is 2.30. The summed E-state index contributed by atoms with van der Waals surface area (Å²) in [5, 5.41) is 0.675. The highest BCUT2D eigenvalue weighted by molar-refractivity contribution is 7.88. The molecule has 0 aliphatic rings. The van der Waals surface area contributed by atoms with E-state index in [1.807, 2.05) is 12.1 Å². The molecule has 0 spiro atoms. The molecule has 1 N–H and O–H groups in total. The number of carbonyl (C=O) groups excluding carboxylic acids is 1. The topological polar surface area (TPSA) is 66.5 Å². The van der Waals surface area contributed by atoms with Crippen molar-refractivity contribution in [3.05, 3.63) is 34.9 Å². The van der Waals surface area contributed by atoms with E-state index in [1.165, 1.54) is 6.92 Å². The summed E-state index contributed by atoms with van der Waals surface area (Å²) in [5.41, 5.74) is 1.08. The number of benzene rings is 1. The molecule has 0 aromatic heterocycles. The van der Waals surface area contributed by atoms with Crippen molar-refractivity contribution in [3.8, 4) is 0 Å². The van der Waals surface area contributed by atoms with E-state index in [9.17, 15) is 13.2 Å². The third-order valence-electron chi connectivity index (χ3n) is 2.77. The Morgan fingerprint density at radius 1 is 1.25 bits per heavy atom. The van der Waals surface area contributed by atoms with Gasteiger partial charge in [0.25, 0.3) is 0 Å². The number of halogens is 1. The molecule has 112 valence electrons. The number of sulfonamides is 1. The van der Waals surface area contributed by atoms with Gasteiger partial charge in [0.2, 0.25) is 15.9 Å². The van der Waals surface area contributed by atoms with Gasteiger partial charge in [-0.3, -0.25) is 4.79 Å². The van der Waals surface area contributed by atoms with Crippen LogP contribution >= 0.6 is 11.6 Å². The van der Waals surface area contributed by atoms with Gasteiger partial charge in [-0.1, -0.05) is 23.7 Å². The molecule has 0 heterocycles. The first-order valence-electron chi connectivity index (χ1n) is 6.22. The summed E-state index contributed by atoms with van der Waals surface area (Å²) >= 11 is 5.81. The number of nitrogens with zero attached hydrogens (tertiary/aromatic N) is 1. The minimum atomic E-state index is -3.22. The molecular weight excluding hydrogens is 300 g/mol. The first-order chi connectivity index (χ1) is 9.28. The summed E-state index contributed by atoms with van der Waals surface area (Å²) in [6, 6.07) is 7.44. The Hall–Kier alpha value is -1.11. The van der Waals surface area contributed by atoms with E-state index in [4.69, 9.17) is 11.6 Å². The van der Waals surface area contributed by atoms with Gasteiger partial charge in [-0.15, -0.1) is 0 Å². The van der Waals surface area contributed by atoms with Gasteiger partial charge in [-0.25, -0.2) is 13.1 Å². The zero-order valence-electron chi connectivity index (χ0n) is 11.6. The monoisotopic (exact) mass is 318 g/mol. The van der Waals surface area contributed by atoms with E-state index in [-0.39, 0.29) is 12.5 Å². The predicted octanol–water partition coefficient (Wildman–Crippen LogP) is 1.28. The lowest BCUT2D eigenvalue weighted by Gasteiger charge is -2.21. The van der Waals surface area contributed by atoms with Crippen LogP contribution in [-0.4, -0.2) is 45.1 Å². The fourth-order valence-electron chi connectivity index (χ4n) is 1.71. The Balaban J connectivity index is 2.47. The van der Waals surface area contributed by atoms with Crippen LogP contribution in [0.4, 0.5) is 0 Å². The maximum atomic E-state index is 11.5. The number of carbonyl (C=O) groups is 1. The summed E-state index contributed by atoms with van der Waals surface area (Å²) in [6.07, 6.45) is 1.80. The van der Waals surface area contributed by atoms with Crippen LogP contribution in [0.5, 0.6) is 0 Å². The van der Waals surface area contributed by atoms with Crippen LogP contribution in [0.2, 0.25) is 5.02 Å². The summed E-state index contributed by atoms with van der Waals surface area (Å²) in [4.78, 5) is 13.1. The molecule has 7 heteroatoms. The molecule has 0 fully saturated rings. The molecule has 5 nitrogen and oxygen atoms in total. The minimum absolute atomic E-state index is 0.0748. The minimum Gasteiger partial charge on any atom is -0.341 e. The Morgan fingerprint density at radius 3 is 2.35 bits per heavy atom. The van der Waals surface area contributed by atoms with Crippen molar-refractivity contribution >= 4 is 27.5 Å². The lowest BCUT2D eigenvalue weighted by Crippen LogP contribution is -2.38. The number of amides is 1. The number of hydrogen-bond donors (Lipinski definition) is 1. The van der Waals surface area contributed by atoms with E-state index in [2.05, 4.69) is 4.72 Å². The van der Waals surface area contributed by atoms with Gasteiger partial charge in [0.05, 0.1) is 6.26 Å². The molecule has 1 amide bonds. The Bertz CT molecular complexity index is 543. The Kier molecular flexibility index (Phi) is 6.45. The van der Waals surface area contributed by atoms with Gasteiger partial charge in [-0.05, 0) is 24.1 Å². The van der Waals surface area contributed by atoms with Crippen LogP contribution in [0.1, 0.15) is 12.5 Å². The Morgan fingerprint density at radius 2 is 1.85 bits per heavy atom. The quantitative estimate of drug-likeness (QED) is 0.823. The van der Waals surface area contributed by atoms with E-state index >= 15 is 0 Å². The second-order valence-electron chi connectivity index (χ2n) is 4.55. The number of rotatable bonds is 7. The number of nitrogens with one attached hydrogen (secondary N) is 1. The van der Waals surface area contributed by atoms with E-state index < -0.39 is 10.0 Å². The van der Waals surface area contributed by atoms with E-state index in [1.54, 1.807) is 17.0 Å². The van der Waals surface area contributed by atoms with E-state index in [0.29, 0.717) is 24.5 Å². The van der Waals surface area contributed by atoms with E-state index in [0.717, 1.165) is 11.8 Å². The SMILES string of the molecule is CC(=O)N(CCNS(C)(=O)=O)CCc1ccc(Cl)cc1. The summed E-state index contributed by atoms with van der Waals surface area (Å²) in [5.74, 6) is -0.0748. The summed E-state index contributed by atoms with van der Waals surface area (Å²) in [7, 11) is -3.22. The van der Waals surface area contributed by atoms with Crippen LogP contribution in [0.15, 0.2) is 24.3 Å². The maximum absolute atomic E-state index is 11.5. The van der Waals surface area contributed by atoms with Gasteiger partial charge in [0, 0.05) is 31.6 Å². The zero-order chi connectivity index (χ0) is 15.2. The predicted molar refractivity (Wildman–Crippen MR) is 80.3 cm³/mol. The van der Waals surface area contributed by atoms with Crippen LogP contribution in [0, 0.1) is 0 Å². The van der Waals surface area contributed by atoms with Gasteiger partial charge in [0.15, 0.2) is 0 Å². The second kappa shape index (κ2) is 7.61. The third kappa shape index (κ3) is 6.88. The molecule has 0 saturated heterocycles. The normalized spacial score (nSPS) is 11.3. The highest BCUT2D eigenvalue weighted by Gasteiger charge is 2.09. The summed E-state index contributed by atoms with van der Waals surface area (Å²) < 4.78 is 24.3. The third-order valence-corrected chi connectivity index (χ3v) is 3.76. The molecule has 0 aliphatic carbocycles. The molecule has 0 bridgehead atoms. The molecule has 1 rings (SSSR count). The average Bonchev–Trinajstić information content (AvgIpc) is 2.33. The van der Waals surface area contributed by atoms with Crippen molar-refractivity contribution in [1.29, 1.82) is 0 Å². The molecule has 0 unspecified atom stereocenters. The molecule has 1 aromatic rings. The Labute approximate surface area is 125 Å². The van der Waals surface area contributed by atoms with Crippen molar-refractivity contribution in [2.75, 3.05) is 25.9 Å². The smallest absolute Gasteiger partial charge is 0.219 e. The maximum Gasteiger partial charge on any atom is 0.219 e. The average molecular weight is 319 g/mol. The molecule has 0 radical (unpaired) electrons. The van der Waals surface area contributed by atoms with Gasteiger partial charge < -0.3 is 4.90 Å². The van der Waals surface area contributed by atoms with Gasteiger partial charge >= 0.3 is 0 Å². The van der Waals surface area contributed by atoms with Crippen LogP contribution in [0.3, 0.4) is 0 Å². The standard InChI is InChI=1S/C13H19ClN2O3S/c1-11(17)16(10-8-15-20(2,18)19)9-7-12-3-5-13(14)6-4-12/h3-6,15H,7-10H2,1-2H3.